The Morgan fingerprint density at radius 2 is 2.22 bits per heavy atom. The molecular weight excluding hydrogens is 232 g/mol. The zero-order valence-corrected chi connectivity index (χ0v) is 10.7. The minimum atomic E-state index is -0.415. The summed E-state index contributed by atoms with van der Waals surface area (Å²) in [6.45, 7) is 2.32. The molecule has 1 aliphatic carbocycles. The number of nitrogens with two attached hydrogens (primary N) is 1. The number of ether oxygens (including phenoxy) is 1. The van der Waals surface area contributed by atoms with Gasteiger partial charge in [-0.05, 0) is 25.8 Å². The van der Waals surface area contributed by atoms with Crippen molar-refractivity contribution in [2.45, 2.75) is 51.7 Å². The second-order valence-electron chi connectivity index (χ2n) is 4.74. The van der Waals surface area contributed by atoms with Crippen LogP contribution in [0.15, 0.2) is 10.5 Å². The van der Waals surface area contributed by atoms with E-state index in [4.69, 9.17) is 15.0 Å². The number of furan rings is 1. The van der Waals surface area contributed by atoms with Crippen LogP contribution in [0.4, 0.5) is 0 Å². The van der Waals surface area contributed by atoms with E-state index < -0.39 is 5.91 Å². The van der Waals surface area contributed by atoms with Gasteiger partial charge in [0.2, 0.25) is 0 Å². The number of carbonyl (C=O) groups excluding carboxylic acids is 1. The first kappa shape index (κ1) is 13.1. The van der Waals surface area contributed by atoms with Gasteiger partial charge in [-0.25, -0.2) is 5.84 Å². The summed E-state index contributed by atoms with van der Waals surface area (Å²) in [5.41, 5.74) is 2.97. The van der Waals surface area contributed by atoms with Crippen LogP contribution in [0, 0.1) is 6.92 Å². The summed E-state index contributed by atoms with van der Waals surface area (Å²) in [4.78, 5) is 11.3. The van der Waals surface area contributed by atoms with E-state index in [-0.39, 0.29) is 5.76 Å². The zero-order valence-electron chi connectivity index (χ0n) is 10.7. The Labute approximate surface area is 107 Å². The maximum Gasteiger partial charge on any atom is 0.300 e. The molecule has 5 nitrogen and oxygen atoms in total. The van der Waals surface area contributed by atoms with Gasteiger partial charge in [0.1, 0.15) is 5.76 Å². The first-order chi connectivity index (χ1) is 8.70. The molecular formula is C13H20N2O3. The molecule has 1 saturated carbocycles. The molecule has 0 spiro atoms. The monoisotopic (exact) mass is 252 g/mol. The van der Waals surface area contributed by atoms with Crippen molar-refractivity contribution < 1.29 is 13.9 Å². The van der Waals surface area contributed by atoms with Crippen LogP contribution in [-0.4, -0.2) is 12.0 Å². The number of nitrogen functional groups attached to an aromatic ring is 1. The standard InChI is InChI=1S/C13H20N2O3/c1-9-10(7-12(18-9)13(16)15-14)8-17-11-5-3-2-4-6-11/h7,11H,2-6,8,14H2,1H3,(H,15,16). The average Bonchev–Trinajstić information content (AvgIpc) is 2.78. The van der Waals surface area contributed by atoms with Crippen molar-refractivity contribution in [2.24, 2.45) is 5.84 Å². The van der Waals surface area contributed by atoms with Gasteiger partial charge in [-0.3, -0.25) is 10.2 Å². The number of hydrogen-bond donors (Lipinski definition) is 2. The lowest BCUT2D eigenvalue weighted by molar-refractivity contribution is 0.0164. The van der Waals surface area contributed by atoms with E-state index in [0.717, 1.165) is 18.4 Å². The molecule has 0 atom stereocenters. The molecule has 0 bridgehead atoms. The Morgan fingerprint density at radius 3 is 2.89 bits per heavy atom. The largest absolute Gasteiger partial charge is 0.456 e. The molecule has 18 heavy (non-hydrogen) atoms. The smallest absolute Gasteiger partial charge is 0.300 e. The molecule has 0 aliphatic heterocycles. The molecule has 1 aliphatic rings. The topological polar surface area (TPSA) is 77.5 Å². The second-order valence-corrected chi connectivity index (χ2v) is 4.74. The Kier molecular flexibility index (Phi) is 4.38. The van der Waals surface area contributed by atoms with Crippen molar-refractivity contribution >= 4 is 5.91 Å². The van der Waals surface area contributed by atoms with E-state index in [1.54, 1.807) is 6.07 Å². The fourth-order valence-corrected chi connectivity index (χ4v) is 2.29. The molecule has 0 radical (unpaired) electrons. The molecule has 0 aromatic carbocycles. The van der Waals surface area contributed by atoms with Crippen molar-refractivity contribution in [1.29, 1.82) is 0 Å². The fraction of sp³-hybridized carbons (Fsp3) is 0.615. The van der Waals surface area contributed by atoms with E-state index in [2.05, 4.69) is 5.43 Å². The lowest BCUT2D eigenvalue weighted by Crippen LogP contribution is -2.29. The van der Waals surface area contributed by atoms with Crippen LogP contribution in [0.3, 0.4) is 0 Å². The van der Waals surface area contributed by atoms with E-state index in [9.17, 15) is 4.79 Å². The van der Waals surface area contributed by atoms with Crippen LogP contribution in [0.2, 0.25) is 0 Å². The van der Waals surface area contributed by atoms with Gasteiger partial charge in [0.25, 0.3) is 0 Å². The second kappa shape index (κ2) is 6.02. The van der Waals surface area contributed by atoms with Crippen LogP contribution in [0.1, 0.15) is 54.0 Å². The first-order valence-electron chi connectivity index (χ1n) is 6.42. The summed E-state index contributed by atoms with van der Waals surface area (Å²) in [5, 5.41) is 0. The molecule has 5 heteroatoms. The van der Waals surface area contributed by atoms with Crippen LogP contribution in [0.25, 0.3) is 0 Å². The van der Waals surface area contributed by atoms with Gasteiger partial charge in [0.05, 0.1) is 12.7 Å². The Balaban J connectivity index is 1.92. The molecule has 1 fully saturated rings. The lowest BCUT2D eigenvalue weighted by Gasteiger charge is -2.21. The summed E-state index contributed by atoms with van der Waals surface area (Å²) < 4.78 is 11.2. The number of hydrogen-bond acceptors (Lipinski definition) is 4. The van der Waals surface area contributed by atoms with Gasteiger partial charge in [-0.2, -0.15) is 0 Å². The van der Waals surface area contributed by atoms with E-state index >= 15 is 0 Å². The van der Waals surface area contributed by atoms with Crippen LogP contribution < -0.4 is 11.3 Å². The molecule has 0 saturated heterocycles. The number of hydrazine groups is 1. The third kappa shape index (κ3) is 3.11. The summed E-state index contributed by atoms with van der Waals surface area (Å²) in [7, 11) is 0. The normalized spacial score (nSPS) is 16.8. The summed E-state index contributed by atoms with van der Waals surface area (Å²) in [5.74, 6) is 5.59. The minimum absolute atomic E-state index is 0.234. The van der Waals surface area contributed by atoms with Crippen molar-refractivity contribution in [2.75, 3.05) is 0 Å². The molecule has 100 valence electrons. The summed E-state index contributed by atoms with van der Waals surface area (Å²) in [6.07, 6.45) is 6.41. The molecule has 1 heterocycles. The molecule has 1 aromatic heterocycles. The predicted octanol–water partition coefficient (Wildman–Crippen LogP) is 2.04. The highest BCUT2D eigenvalue weighted by Gasteiger charge is 2.17. The lowest BCUT2D eigenvalue weighted by atomic mass is 9.98. The molecule has 3 N–H and O–H groups in total. The van der Waals surface area contributed by atoms with E-state index in [0.29, 0.717) is 18.5 Å². The number of nitrogens with one attached hydrogen (secondary N) is 1. The maximum absolute atomic E-state index is 11.3. The quantitative estimate of drug-likeness (QED) is 0.488. The van der Waals surface area contributed by atoms with Gasteiger partial charge in [0.15, 0.2) is 5.76 Å². The third-order valence-electron chi connectivity index (χ3n) is 3.40. The Bertz CT molecular complexity index is 408. The van der Waals surface area contributed by atoms with Gasteiger partial charge in [-0.15, -0.1) is 0 Å². The molecule has 2 rings (SSSR count). The van der Waals surface area contributed by atoms with Gasteiger partial charge < -0.3 is 9.15 Å². The van der Waals surface area contributed by atoms with Crippen molar-refractivity contribution in [1.82, 2.24) is 5.43 Å². The first-order valence-corrected chi connectivity index (χ1v) is 6.42. The minimum Gasteiger partial charge on any atom is -0.456 e. The third-order valence-corrected chi connectivity index (χ3v) is 3.40. The fourth-order valence-electron chi connectivity index (χ4n) is 2.29. The highest BCUT2D eigenvalue weighted by Crippen LogP contribution is 2.23. The van der Waals surface area contributed by atoms with Gasteiger partial charge >= 0.3 is 5.91 Å². The average molecular weight is 252 g/mol. The van der Waals surface area contributed by atoms with Crippen LogP contribution in [-0.2, 0) is 11.3 Å². The maximum atomic E-state index is 11.3. The molecule has 0 unspecified atom stereocenters. The number of rotatable bonds is 4. The highest BCUT2D eigenvalue weighted by molar-refractivity contribution is 5.91. The van der Waals surface area contributed by atoms with E-state index in [1.807, 2.05) is 6.92 Å². The zero-order chi connectivity index (χ0) is 13.0. The predicted molar refractivity (Wildman–Crippen MR) is 66.8 cm³/mol. The van der Waals surface area contributed by atoms with Gasteiger partial charge in [-0.1, -0.05) is 19.3 Å². The number of aryl methyl sites for hydroxylation is 1. The number of carbonyl (C=O) groups is 1. The molecule has 1 aromatic rings. The molecule has 1 amide bonds. The Hall–Kier alpha value is -1.33. The van der Waals surface area contributed by atoms with Gasteiger partial charge in [0, 0.05) is 5.56 Å². The van der Waals surface area contributed by atoms with E-state index in [1.165, 1.54) is 19.3 Å². The number of amides is 1. The Morgan fingerprint density at radius 1 is 1.50 bits per heavy atom. The van der Waals surface area contributed by atoms with Crippen molar-refractivity contribution in [3.8, 4) is 0 Å². The van der Waals surface area contributed by atoms with Crippen LogP contribution in [0.5, 0.6) is 0 Å². The highest BCUT2D eigenvalue weighted by atomic mass is 16.5. The van der Waals surface area contributed by atoms with Crippen molar-refractivity contribution in [3.63, 3.8) is 0 Å². The summed E-state index contributed by atoms with van der Waals surface area (Å²) >= 11 is 0. The SMILES string of the molecule is Cc1oc(C(=O)NN)cc1COC1CCCCC1. The summed E-state index contributed by atoms with van der Waals surface area (Å²) in [6, 6.07) is 1.69. The van der Waals surface area contributed by atoms with Crippen LogP contribution >= 0.6 is 0 Å². The van der Waals surface area contributed by atoms with Crippen molar-refractivity contribution in [3.05, 3.63) is 23.2 Å².